The highest BCUT2D eigenvalue weighted by molar-refractivity contribution is 9.10. The van der Waals surface area contributed by atoms with Gasteiger partial charge in [0.15, 0.2) is 11.0 Å². The van der Waals surface area contributed by atoms with Gasteiger partial charge in [-0.05, 0) is 36.8 Å². The number of hydrazone groups is 1. The molecule has 0 unspecified atom stereocenters. The molecule has 0 fully saturated rings. The van der Waals surface area contributed by atoms with Crippen LogP contribution in [0.1, 0.15) is 12.5 Å². The lowest BCUT2D eigenvalue weighted by molar-refractivity contribution is -0.118. The Bertz CT molecular complexity index is 1110. The highest BCUT2D eigenvalue weighted by atomic mass is 79.9. The minimum atomic E-state index is -0.216. The average Bonchev–Trinajstić information content (AvgIpc) is 3.15. The second-order valence-electron chi connectivity index (χ2n) is 7.42. The van der Waals surface area contributed by atoms with Crippen molar-refractivity contribution in [1.82, 2.24) is 20.2 Å². The Morgan fingerprint density at radius 3 is 2.50 bits per heavy atom. The molecule has 0 aliphatic carbocycles. The lowest BCUT2D eigenvalue weighted by Crippen LogP contribution is -2.20. The highest BCUT2D eigenvalue weighted by Crippen LogP contribution is 2.26. The second-order valence-corrected chi connectivity index (χ2v) is 9.28. The maximum atomic E-state index is 12.3. The summed E-state index contributed by atoms with van der Waals surface area (Å²) in [6.45, 7) is 6.53. The summed E-state index contributed by atoms with van der Waals surface area (Å²) < 4.78 is 2.96. The van der Waals surface area contributed by atoms with Crippen molar-refractivity contribution in [3.63, 3.8) is 0 Å². The van der Waals surface area contributed by atoms with Crippen LogP contribution in [0.5, 0.6) is 0 Å². The van der Waals surface area contributed by atoms with Crippen molar-refractivity contribution in [2.45, 2.75) is 18.6 Å². The van der Waals surface area contributed by atoms with Crippen molar-refractivity contribution in [1.29, 1.82) is 0 Å². The van der Waals surface area contributed by atoms with E-state index in [1.54, 1.807) is 6.21 Å². The predicted octanol–water partition coefficient (Wildman–Crippen LogP) is 4.59. The first-order valence-electron chi connectivity index (χ1n) is 9.89. The number of halogens is 1. The summed E-state index contributed by atoms with van der Waals surface area (Å²) in [6.07, 6.45) is 1.62. The third-order valence-electron chi connectivity index (χ3n) is 4.39. The molecule has 0 aliphatic rings. The Kier molecular flexibility index (Phi) is 8.24. The molecule has 0 spiro atoms. The van der Waals surface area contributed by atoms with Gasteiger partial charge in [0.2, 0.25) is 0 Å². The zero-order valence-corrected chi connectivity index (χ0v) is 20.7. The van der Waals surface area contributed by atoms with Crippen LogP contribution in [-0.2, 0) is 11.3 Å². The number of allylic oxidation sites excluding steroid dienone is 1. The van der Waals surface area contributed by atoms with Crippen LogP contribution in [0.25, 0.3) is 11.4 Å². The zero-order chi connectivity index (χ0) is 23.1. The van der Waals surface area contributed by atoms with Gasteiger partial charge in [0.05, 0.1) is 12.0 Å². The first-order chi connectivity index (χ1) is 15.3. The maximum absolute atomic E-state index is 12.3. The highest BCUT2D eigenvalue weighted by Gasteiger charge is 2.15. The standard InChI is InChI=1S/C23H25BrN6OS/c1-16(2)14-30-22(18-7-9-19(24)10-8-18)27-28-23(30)32-15-21(31)26-25-13-17-5-11-20(12-6-17)29(3)4/h5-13H,1,14-15H2,2-4H3,(H,26,31)/b25-13+. The molecule has 1 aromatic heterocycles. The summed E-state index contributed by atoms with van der Waals surface area (Å²) in [6, 6.07) is 15.8. The van der Waals surface area contributed by atoms with E-state index in [1.165, 1.54) is 11.8 Å². The van der Waals surface area contributed by atoms with Crippen molar-refractivity contribution < 1.29 is 4.79 Å². The maximum Gasteiger partial charge on any atom is 0.250 e. The van der Waals surface area contributed by atoms with Crippen molar-refractivity contribution in [2.24, 2.45) is 5.10 Å². The number of aromatic nitrogens is 3. The van der Waals surface area contributed by atoms with Gasteiger partial charge in [-0.15, -0.1) is 10.2 Å². The van der Waals surface area contributed by atoms with Gasteiger partial charge in [0.25, 0.3) is 5.91 Å². The van der Waals surface area contributed by atoms with Crippen LogP contribution in [0.2, 0.25) is 0 Å². The minimum absolute atomic E-state index is 0.172. The summed E-state index contributed by atoms with van der Waals surface area (Å²) in [4.78, 5) is 14.3. The van der Waals surface area contributed by atoms with Crippen LogP contribution >= 0.6 is 27.7 Å². The summed E-state index contributed by atoms with van der Waals surface area (Å²) in [7, 11) is 3.97. The van der Waals surface area contributed by atoms with E-state index in [0.29, 0.717) is 11.7 Å². The first kappa shape index (κ1) is 23.7. The molecule has 32 heavy (non-hydrogen) atoms. The molecule has 0 saturated heterocycles. The molecule has 1 N–H and O–H groups in total. The lowest BCUT2D eigenvalue weighted by Gasteiger charge is -2.11. The Balaban J connectivity index is 1.62. The number of nitrogens with zero attached hydrogens (tertiary/aromatic N) is 5. The van der Waals surface area contributed by atoms with Crippen LogP contribution in [0, 0.1) is 0 Å². The molecule has 0 bridgehead atoms. The van der Waals surface area contributed by atoms with Gasteiger partial charge in [-0.1, -0.05) is 64.1 Å². The van der Waals surface area contributed by atoms with Gasteiger partial charge >= 0.3 is 0 Å². The Morgan fingerprint density at radius 2 is 1.88 bits per heavy atom. The first-order valence-corrected chi connectivity index (χ1v) is 11.7. The third-order valence-corrected chi connectivity index (χ3v) is 5.89. The Labute approximate surface area is 200 Å². The fraction of sp³-hybridized carbons (Fsp3) is 0.217. The van der Waals surface area contributed by atoms with E-state index in [1.807, 2.05) is 79.0 Å². The van der Waals surface area contributed by atoms with Gasteiger partial charge in [-0.3, -0.25) is 9.36 Å². The Morgan fingerprint density at radius 1 is 1.19 bits per heavy atom. The smallest absolute Gasteiger partial charge is 0.250 e. The SMILES string of the molecule is C=C(C)Cn1c(SCC(=O)N/N=C/c2ccc(N(C)C)cc2)nnc1-c1ccc(Br)cc1. The third kappa shape index (κ3) is 6.54. The number of benzene rings is 2. The van der Waals surface area contributed by atoms with Gasteiger partial charge in [0, 0.05) is 36.4 Å². The molecular formula is C23H25BrN6OS. The Hall–Kier alpha value is -2.91. The molecule has 3 aromatic rings. The molecule has 2 aromatic carbocycles. The normalized spacial score (nSPS) is 11.0. The van der Waals surface area contributed by atoms with Crippen molar-refractivity contribution >= 4 is 45.5 Å². The predicted molar refractivity (Wildman–Crippen MR) is 135 cm³/mol. The van der Waals surface area contributed by atoms with E-state index in [4.69, 9.17) is 0 Å². The van der Waals surface area contributed by atoms with Crippen LogP contribution in [0.4, 0.5) is 5.69 Å². The van der Waals surface area contributed by atoms with Gasteiger partial charge < -0.3 is 4.90 Å². The second kappa shape index (κ2) is 11.1. The average molecular weight is 513 g/mol. The topological polar surface area (TPSA) is 75.4 Å². The molecule has 0 aliphatic heterocycles. The number of hydrogen-bond donors (Lipinski definition) is 1. The lowest BCUT2D eigenvalue weighted by atomic mass is 10.2. The van der Waals surface area contributed by atoms with E-state index in [2.05, 4.69) is 43.2 Å². The van der Waals surface area contributed by atoms with Crippen LogP contribution in [0.15, 0.2) is 75.4 Å². The molecule has 9 heteroatoms. The number of hydrogen-bond acceptors (Lipinski definition) is 6. The largest absolute Gasteiger partial charge is 0.378 e. The molecule has 1 heterocycles. The number of anilines is 1. The molecule has 1 amide bonds. The molecule has 0 saturated carbocycles. The fourth-order valence-electron chi connectivity index (χ4n) is 2.82. The van der Waals surface area contributed by atoms with Crippen LogP contribution < -0.4 is 10.3 Å². The molecule has 0 atom stereocenters. The molecule has 3 rings (SSSR count). The number of carbonyl (C=O) groups excluding carboxylic acids is 1. The number of amides is 1. The van der Waals surface area contributed by atoms with Crippen LogP contribution in [-0.4, -0.2) is 46.7 Å². The van der Waals surface area contributed by atoms with Gasteiger partial charge in [-0.2, -0.15) is 5.10 Å². The number of nitrogens with one attached hydrogen (secondary N) is 1. The summed E-state index contributed by atoms with van der Waals surface area (Å²) in [5.41, 5.74) is 6.49. The quantitative estimate of drug-likeness (QED) is 0.196. The zero-order valence-electron chi connectivity index (χ0n) is 18.2. The van der Waals surface area contributed by atoms with E-state index >= 15 is 0 Å². The van der Waals surface area contributed by atoms with Crippen LogP contribution in [0.3, 0.4) is 0 Å². The summed E-state index contributed by atoms with van der Waals surface area (Å²) >= 11 is 4.76. The minimum Gasteiger partial charge on any atom is -0.378 e. The summed E-state index contributed by atoms with van der Waals surface area (Å²) in [5.74, 6) is 0.694. The molecule has 7 nitrogen and oxygen atoms in total. The van der Waals surface area contributed by atoms with E-state index in [-0.39, 0.29) is 11.7 Å². The van der Waals surface area contributed by atoms with E-state index in [9.17, 15) is 4.79 Å². The number of thioether (sulfide) groups is 1. The molecule has 166 valence electrons. The van der Waals surface area contributed by atoms with E-state index in [0.717, 1.165) is 32.7 Å². The molecular weight excluding hydrogens is 488 g/mol. The summed E-state index contributed by atoms with van der Waals surface area (Å²) in [5, 5.41) is 13.3. The number of carbonyl (C=O) groups is 1. The van der Waals surface area contributed by atoms with E-state index < -0.39 is 0 Å². The van der Waals surface area contributed by atoms with Gasteiger partial charge in [-0.25, -0.2) is 5.43 Å². The van der Waals surface area contributed by atoms with Gasteiger partial charge in [0.1, 0.15) is 0 Å². The monoisotopic (exact) mass is 512 g/mol. The number of rotatable bonds is 9. The van der Waals surface area contributed by atoms with Crippen molar-refractivity contribution in [3.05, 3.63) is 70.7 Å². The van der Waals surface area contributed by atoms with Crippen molar-refractivity contribution in [3.8, 4) is 11.4 Å². The fourth-order valence-corrected chi connectivity index (χ4v) is 3.81. The molecule has 0 radical (unpaired) electrons. The van der Waals surface area contributed by atoms with Crippen molar-refractivity contribution in [2.75, 3.05) is 24.7 Å².